The van der Waals surface area contributed by atoms with Crippen molar-refractivity contribution in [3.05, 3.63) is 54.1 Å². The molecule has 1 N–H and O–H groups in total. The highest BCUT2D eigenvalue weighted by Gasteiger charge is 2.13. The van der Waals surface area contributed by atoms with Crippen LogP contribution in [-0.2, 0) is 16.6 Å². The SMILES string of the molecule is CCOc1ccc(S(=O)(=O)NCc2ccc(OC(C)C)cc2)cc1. The Morgan fingerprint density at radius 3 is 2.08 bits per heavy atom. The van der Waals surface area contributed by atoms with E-state index in [0.717, 1.165) is 11.3 Å². The van der Waals surface area contributed by atoms with Crippen molar-refractivity contribution < 1.29 is 17.9 Å². The van der Waals surface area contributed by atoms with E-state index in [2.05, 4.69) is 4.72 Å². The van der Waals surface area contributed by atoms with Crippen molar-refractivity contribution in [2.45, 2.75) is 38.3 Å². The topological polar surface area (TPSA) is 64.6 Å². The second kappa shape index (κ2) is 8.17. The molecule has 0 unspecified atom stereocenters. The fourth-order valence-corrected chi connectivity index (χ4v) is 3.12. The van der Waals surface area contributed by atoms with Crippen molar-refractivity contribution in [3.63, 3.8) is 0 Å². The Labute approximate surface area is 143 Å². The molecule has 6 heteroatoms. The van der Waals surface area contributed by atoms with Crippen molar-refractivity contribution in [2.24, 2.45) is 0 Å². The molecule has 0 aliphatic carbocycles. The molecule has 0 bridgehead atoms. The van der Waals surface area contributed by atoms with E-state index in [1.54, 1.807) is 12.1 Å². The van der Waals surface area contributed by atoms with Gasteiger partial charge in [-0.05, 0) is 62.7 Å². The number of hydrogen-bond acceptors (Lipinski definition) is 4. The summed E-state index contributed by atoms with van der Waals surface area (Å²) in [5.41, 5.74) is 0.862. The molecule has 0 amide bonds. The maximum absolute atomic E-state index is 12.3. The highest BCUT2D eigenvalue weighted by Crippen LogP contribution is 2.17. The number of benzene rings is 2. The first-order valence-electron chi connectivity index (χ1n) is 7.89. The molecule has 130 valence electrons. The lowest BCUT2D eigenvalue weighted by molar-refractivity contribution is 0.242. The Hall–Kier alpha value is -2.05. The molecule has 0 spiro atoms. The van der Waals surface area contributed by atoms with E-state index >= 15 is 0 Å². The Morgan fingerprint density at radius 2 is 1.54 bits per heavy atom. The first-order valence-corrected chi connectivity index (χ1v) is 9.37. The standard InChI is InChI=1S/C18H23NO4S/c1-4-22-16-9-11-18(12-10-16)24(20,21)19-13-15-5-7-17(8-6-15)23-14(2)3/h5-12,14,19H,4,13H2,1-3H3. The second-order valence-electron chi connectivity index (χ2n) is 5.54. The summed E-state index contributed by atoms with van der Waals surface area (Å²) in [6, 6.07) is 13.7. The quantitative estimate of drug-likeness (QED) is 0.794. The number of nitrogens with one attached hydrogen (secondary N) is 1. The smallest absolute Gasteiger partial charge is 0.240 e. The molecule has 0 radical (unpaired) electrons. The molecule has 0 heterocycles. The van der Waals surface area contributed by atoms with Crippen molar-refractivity contribution in [3.8, 4) is 11.5 Å². The van der Waals surface area contributed by atoms with E-state index in [0.29, 0.717) is 12.4 Å². The van der Waals surface area contributed by atoms with Crippen molar-refractivity contribution in [1.29, 1.82) is 0 Å². The summed E-state index contributed by atoms with van der Waals surface area (Å²) in [5, 5.41) is 0. The third-order valence-electron chi connectivity index (χ3n) is 3.21. The summed E-state index contributed by atoms with van der Waals surface area (Å²) >= 11 is 0. The van der Waals surface area contributed by atoms with Gasteiger partial charge in [-0.15, -0.1) is 0 Å². The van der Waals surface area contributed by atoms with Gasteiger partial charge in [-0.1, -0.05) is 12.1 Å². The van der Waals surface area contributed by atoms with E-state index in [-0.39, 0.29) is 17.5 Å². The van der Waals surface area contributed by atoms with Gasteiger partial charge in [0.25, 0.3) is 0 Å². The van der Waals surface area contributed by atoms with Crippen molar-refractivity contribution in [1.82, 2.24) is 4.72 Å². The van der Waals surface area contributed by atoms with Gasteiger partial charge in [-0.25, -0.2) is 13.1 Å². The van der Waals surface area contributed by atoms with E-state index in [1.807, 2.05) is 45.0 Å². The summed E-state index contributed by atoms with van der Waals surface area (Å²) in [7, 11) is -3.56. The minimum absolute atomic E-state index is 0.106. The number of rotatable bonds is 8. The molecule has 0 fully saturated rings. The summed E-state index contributed by atoms with van der Waals surface area (Å²) in [6.45, 7) is 6.56. The van der Waals surface area contributed by atoms with Gasteiger partial charge in [-0.2, -0.15) is 0 Å². The second-order valence-corrected chi connectivity index (χ2v) is 7.31. The maximum atomic E-state index is 12.3. The number of ether oxygens (including phenoxy) is 2. The van der Waals surface area contributed by atoms with Gasteiger partial charge in [0.1, 0.15) is 11.5 Å². The van der Waals surface area contributed by atoms with E-state index in [1.165, 1.54) is 12.1 Å². The first kappa shape index (κ1) is 18.3. The fraction of sp³-hybridized carbons (Fsp3) is 0.333. The third-order valence-corrected chi connectivity index (χ3v) is 4.62. The lowest BCUT2D eigenvalue weighted by atomic mass is 10.2. The fourth-order valence-electron chi connectivity index (χ4n) is 2.10. The molecule has 2 rings (SSSR count). The molecule has 24 heavy (non-hydrogen) atoms. The van der Waals surface area contributed by atoms with Crippen molar-refractivity contribution >= 4 is 10.0 Å². The zero-order valence-corrected chi connectivity index (χ0v) is 15.0. The molecule has 2 aromatic rings. The van der Waals surface area contributed by atoms with Crippen LogP contribution in [0.3, 0.4) is 0 Å². The number of hydrogen-bond donors (Lipinski definition) is 1. The molecular weight excluding hydrogens is 326 g/mol. The largest absolute Gasteiger partial charge is 0.494 e. The Morgan fingerprint density at radius 1 is 0.958 bits per heavy atom. The highest BCUT2D eigenvalue weighted by atomic mass is 32.2. The summed E-state index contributed by atoms with van der Waals surface area (Å²) < 4.78 is 38.1. The van der Waals surface area contributed by atoms with Crippen LogP contribution in [0.15, 0.2) is 53.4 Å². The van der Waals surface area contributed by atoms with Gasteiger partial charge in [0.05, 0.1) is 17.6 Å². The Bertz CT molecular complexity index is 738. The average molecular weight is 349 g/mol. The first-order chi connectivity index (χ1) is 11.4. The van der Waals surface area contributed by atoms with Gasteiger partial charge in [-0.3, -0.25) is 0 Å². The highest BCUT2D eigenvalue weighted by molar-refractivity contribution is 7.89. The number of sulfonamides is 1. The van der Waals surface area contributed by atoms with E-state index in [9.17, 15) is 8.42 Å². The van der Waals surface area contributed by atoms with Gasteiger partial charge in [0.15, 0.2) is 0 Å². The molecule has 0 aliphatic heterocycles. The van der Waals surface area contributed by atoms with Crippen LogP contribution < -0.4 is 14.2 Å². The molecule has 0 saturated carbocycles. The van der Waals surface area contributed by atoms with Crippen molar-refractivity contribution in [2.75, 3.05) is 6.61 Å². The monoisotopic (exact) mass is 349 g/mol. The third kappa shape index (κ3) is 5.25. The van der Waals surface area contributed by atoms with E-state index in [4.69, 9.17) is 9.47 Å². The van der Waals surface area contributed by atoms with Crippen LogP contribution in [0.4, 0.5) is 0 Å². The maximum Gasteiger partial charge on any atom is 0.240 e. The minimum atomic E-state index is -3.56. The minimum Gasteiger partial charge on any atom is -0.494 e. The van der Waals surface area contributed by atoms with Crippen LogP contribution in [0.5, 0.6) is 11.5 Å². The summed E-state index contributed by atoms with van der Waals surface area (Å²) in [5.74, 6) is 1.42. The molecule has 0 saturated heterocycles. The van der Waals surface area contributed by atoms with Crippen LogP contribution in [0, 0.1) is 0 Å². The Balaban J connectivity index is 1.99. The lowest BCUT2D eigenvalue weighted by Crippen LogP contribution is -2.23. The molecular formula is C18H23NO4S. The van der Waals surface area contributed by atoms with Gasteiger partial charge >= 0.3 is 0 Å². The Kier molecular flexibility index (Phi) is 6.23. The van der Waals surface area contributed by atoms with Crippen LogP contribution in [0.25, 0.3) is 0 Å². The zero-order valence-electron chi connectivity index (χ0n) is 14.2. The molecule has 0 atom stereocenters. The van der Waals surface area contributed by atoms with E-state index < -0.39 is 10.0 Å². The molecule has 0 aliphatic rings. The molecule has 2 aromatic carbocycles. The van der Waals surface area contributed by atoms with Crippen LogP contribution in [0.1, 0.15) is 26.3 Å². The van der Waals surface area contributed by atoms with Gasteiger partial charge in [0.2, 0.25) is 10.0 Å². The summed E-state index contributed by atoms with van der Waals surface area (Å²) in [4.78, 5) is 0.214. The zero-order chi connectivity index (χ0) is 17.6. The predicted octanol–water partition coefficient (Wildman–Crippen LogP) is 3.35. The average Bonchev–Trinajstić information content (AvgIpc) is 2.55. The summed E-state index contributed by atoms with van der Waals surface area (Å²) in [6.07, 6.45) is 0.106. The lowest BCUT2D eigenvalue weighted by Gasteiger charge is -2.11. The predicted molar refractivity (Wildman–Crippen MR) is 93.8 cm³/mol. The van der Waals surface area contributed by atoms with Crippen LogP contribution >= 0.6 is 0 Å². The van der Waals surface area contributed by atoms with Crippen LogP contribution in [-0.4, -0.2) is 21.1 Å². The molecule has 5 nitrogen and oxygen atoms in total. The van der Waals surface area contributed by atoms with Gasteiger partial charge in [0, 0.05) is 6.54 Å². The molecule has 0 aromatic heterocycles. The van der Waals surface area contributed by atoms with Gasteiger partial charge < -0.3 is 9.47 Å². The van der Waals surface area contributed by atoms with Crippen LogP contribution in [0.2, 0.25) is 0 Å². The normalized spacial score (nSPS) is 11.5.